The van der Waals surface area contributed by atoms with Crippen molar-refractivity contribution in [3.8, 4) is 0 Å². The van der Waals surface area contributed by atoms with Crippen LogP contribution in [0.2, 0.25) is 0 Å². The van der Waals surface area contributed by atoms with Crippen LogP contribution in [0.15, 0.2) is 40.7 Å². The molecule has 0 radical (unpaired) electrons. The van der Waals surface area contributed by atoms with Gasteiger partial charge in [-0.15, -0.1) is 10.2 Å². The summed E-state index contributed by atoms with van der Waals surface area (Å²) in [4.78, 5) is 24.6. The predicted octanol–water partition coefficient (Wildman–Crippen LogP) is 4.75. The number of aromatic nitrogens is 2. The van der Waals surface area contributed by atoms with Gasteiger partial charge in [-0.3, -0.25) is 14.9 Å². The van der Waals surface area contributed by atoms with Gasteiger partial charge in [-0.2, -0.15) is 0 Å². The van der Waals surface area contributed by atoms with E-state index >= 15 is 0 Å². The molecule has 6 nitrogen and oxygen atoms in total. The van der Waals surface area contributed by atoms with E-state index in [0.717, 1.165) is 27.9 Å². The van der Waals surface area contributed by atoms with Crippen LogP contribution in [0.1, 0.15) is 32.6 Å². The molecule has 8 heteroatoms. The standard InChI is InChI=1S/C21H22N4O2S2/c1-12-5-13(2)8-16(7-12)19(27)23-20-24-25-21(29-20)28-11-18(26)22-17-9-14(3)6-15(4)10-17/h5-10H,11H2,1-4H3,(H,22,26)(H,23,24,27). The summed E-state index contributed by atoms with van der Waals surface area (Å²) in [6, 6.07) is 11.6. The molecule has 0 spiro atoms. The Hall–Kier alpha value is -2.71. The van der Waals surface area contributed by atoms with E-state index in [1.165, 1.54) is 23.1 Å². The molecule has 0 unspecified atom stereocenters. The third-order valence-electron chi connectivity index (χ3n) is 3.94. The van der Waals surface area contributed by atoms with Gasteiger partial charge in [0, 0.05) is 11.3 Å². The lowest BCUT2D eigenvalue weighted by Crippen LogP contribution is -2.14. The first-order chi connectivity index (χ1) is 13.8. The number of anilines is 2. The van der Waals surface area contributed by atoms with Crippen LogP contribution in [-0.2, 0) is 4.79 Å². The second kappa shape index (κ2) is 9.19. The number of benzene rings is 2. The van der Waals surface area contributed by atoms with Crippen molar-refractivity contribution in [2.24, 2.45) is 0 Å². The smallest absolute Gasteiger partial charge is 0.257 e. The maximum absolute atomic E-state index is 12.4. The molecule has 2 amide bonds. The molecule has 3 aromatic rings. The minimum absolute atomic E-state index is 0.115. The zero-order valence-electron chi connectivity index (χ0n) is 16.7. The van der Waals surface area contributed by atoms with E-state index in [1.807, 2.05) is 58.0 Å². The maximum Gasteiger partial charge on any atom is 0.257 e. The second-order valence-electron chi connectivity index (χ2n) is 6.92. The van der Waals surface area contributed by atoms with E-state index < -0.39 is 0 Å². The van der Waals surface area contributed by atoms with Crippen molar-refractivity contribution in [1.29, 1.82) is 0 Å². The number of amides is 2. The molecule has 0 fully saturated rings. The van der Waals surface area contributed by atoms with Crippen LogP contribution >= 0.6 is 23.1 Å². The fraction of sp³-hybridized carbons (Fsp3) is 0.238. The molecule has 29 heavy (non-hydrogen) atoms. The normalized spacial score (nSPS) is 10.6. The molecular formula is C21H22N4O2S2. The van der Waals surface area contributed by atoms with Crippen LogP contribution in [0.4, 0.5) is 10.8 Å². The summed E-state index contributed by atoms with van der Waals surface area (Å²) < 4.78 is 0.622. The van der Waals surface area contributed by atoms with Crippen molar-refractivity contribution >= 4 is 45.7 Å². The molecule has 0 saturated carbocycles. The van der Waals surface area contributed by atoms with Crippen molar-refractivity contribution in [2.75, 3.05) is 16.4 Å². The summed E-state index contributed by atoms with van der Waals surface area (Å²) in [5.74, 6) is -0.125. The number of hydrogen-bond acceptors (Lipinski definition) is 6. The van der Waals surface area contributed by atoms with E-state index in [2.05, 4.69) is 26.9 Å². The summed E-state index contributed by atoms with van der Waals surface area (Å²) in [6.45, 7) is 7.89. The van der Waals surface area contributed by atoms with Gasteiger partial charge in [0.05, 0.1) is 5.75 Å². The van der Waals surface area contributed by atoms with Crippen LogP contribution in [0.25, 0.3) is 0 Å². The van der Waals surface area contributed by atoms with Crippen molar-refractivity contribution in [3.05, 3.63) is 64.2 Å². The Labute approximate surface area is 178 Å². The highest BCUT2D eigenvalue weighted by Gasteiger charge is 2.13. The molecule has 0 atom stereocenters. The maximum atomic E-state index is 12.4. The summed E-state index contributed by atoms with van der Waals surface area (Å²) in [5, 5.41) is 14.1. The Bertz CT molecular complexity index is 1020. The molecule has 2 aromatic carbocycles. The first-order valence-electron chi connectivity index (χ1n) is 9.02. The van der Waals surface area contributed by atoms with E-state index in [1.54, 1.807) is 0 Å². The Balaban J connectivity index is 1.54. The Morgan fingerprint density at radius 3 is 2.07 bits per heavy atom. The molecule has 1 heterocycles. The highest BCUT2D eigenvalue weighted by atomic mass is 32.2. The zero-order valence-corrected chi connectivity index (χ0v) is 18.3. The van der Waals surface area contributed by atoms with Crippen molar-refractivity contribution in [3.63, 3.8) is 0 Å². The lowest BCUT2D eigenvalue weighted by atomic mass is 10.1. The first kappa shape index (κ1) is 21.0. The highest BCUT2D eigenvalue weighted by molar-refractivity contribution is 8.01. The van der Waals surface area contributed by atoms with Gasteiger partial charge in [0.15, 0.2) is 4.34 Å². The average Bonchev–Trinajstić information content (AvgIpc) is 3.05. The lowest BCUT2D eigenvalue weighted by Gasteiger charge is -2.06. The van der Waals surface area contributed by atoms with Gasteiger partial charge in [-0.25, -0.2) is 0 Å². The van der Waals surface area contributed by atoms with Gasteiger partial charge in [0.25, 0.3) is 5.91 Å². The molecule has 0 aliphatic rings. The fourth-order valence-electron chi connectivity index (χ4n) is 2.96. The van der Waals surface area contributed by atoms with E-state index in [0.29, 0.717) is 15.0 Å². The van der Waals surface area contributed by atoms with Gasteiger partial charge in [-0.05, 0) is 63.1 Å². The lowest BCUT2D eigenvalue weighted by molar-refractivity contribution is -0.113. The highest BCUT2D eigenvalue weighted by Crippen LogP contribution is 2.26. The Kier molecular flexibility index (Phi) is 6.66. The molecule has 2 N–H and O–H groups in total. The number of aryl methyl sites for hydroxylation is 4. The van der Waals surface area contributed by atoms with E-state index in [-0.39, 0.29) is 17.6 Å². The molecule has 0 aliphatic carbocycles. The van der Waals surface area contributed by atoms with Crippen LogP contribution in [0.3, 0.4) is 0 Å². The minimum atomic E-state index is -0.225. The van der Waals surface area contributed by atoms with Crippen LogP contribution in [0, 0.1) is 27.7 Å². The topological polar surface area (TPSA) is 84.0 Å². The summed E-state index contributed by atoms with van der Waals surface area (Å²) >= 11 is 2.53. The summed E-state index contributed by atoms with van der Waals surface area (Å²) in [5.41, 5.74) is 5.62. The van der Waals surface area contributed by atoms with Crippen LogP contribution in [0.5, 0.6) is 0 Å². The van der Waals surface area contributed by atoms with Crippen molar-refractivity contribution < 1.29 is 9.59 Å². The van der Waals surface area contributed by atoms with Gasteiger partial charge >= 0.3 is 0 Å². The number of hydrogen-bond donors (Lipinski definition) is 2. The Morgan fingerprint density at radius 2 is 1.45 bits per heavy atom. The third-order valence-corrected chi connectivity index (χ3v) is 5.91. The number of carbonyl (C=O) groups is 2. The van der Waals surface area contributed by atoms with Gasteiger partial charge < -0.3 is 5.32 Å². The number of nitrogens with zero attached hydrogens (tertiary/aromatic N) is 2. The summed E-state index contributed by atoms with van der Waals surface area (Å²) in [7, 11) is 0. The molecule has 0 aliphatic heterocycles. The predicted molar refractivity (Wildman–Crippen MR) is 119 cm³/mol. The zero-order chi connectivity index (χ0) is 21.0. The van der Waals surface area contributed by atoms with Crippen molar-refractivity contribution in [1.82, 2.24) is 10.2 Å². The number of thioether (sulfide) groups is 1. The third kappa shape index (κ3) is 6.13. The second-order valence-corrected chi connectivity index (χ2v) is 9.12. The molecular weight excluding hydrogens is 404 g/mol. The fourth-order valence-corrected chi connectivity index (χ4v) is 4.51. The molecule has 150 valence electrons. The number of carbonyl (C=O) groups excluding carboxylic acids is 2. The molecule has 1 aromatic heterocycles. The Morgan fingerprint density at radius 1 is 0.862 bits per heavy atom. The van der Waals surface area contributed by atoms with Crippen LogP contribution in [-0.4, -0.2) is 27.8 Å². The van der Waals surface area contributed by atoms with Gasteiger partial charge in [0.1, 0.15) is 0 Å². The first-order valence-corrected chi connectivity index (χ1v) is 10.8. The monoisotopic (exact) mass is 426 g/mol. The molecule has 3 rings (SSSR count). The van der Waals surface area contributed by atoms with Gasteiger partial charge in [-0.1, -0.05) is 46.4 Å². The summed E-state index contributed by atoms with van der Waals surface area (Å²) in [6.07, 6.45) is 0. The van der Waals surface area contributed by atoms with Crippen molar-refractivity contribution in [2.45, 2.75) is 32.0 Å². The minimum Gasteiger partial charge on any atom is -0.325 e. The number of rotatable bonds is 6. The van der Waals surface area contributed by atoms with Crippen LogP contribution < -0.4 is 10.6 Å². The average molecular weight is 427 g/mol. The molecule has 0 saturated heterocycles. The van der Waals surface area contributed by atoms with E-state index in [9.17, 15) is 9.59 Å². The quantitative estimate of drug-likeness (QED) is 0.439. The largest absolute Gasteiger partial charge is 0.325 e. The molecule has 0 bridgehead atoms. The number of nitrogens with one attached hydrogen (secondary N) is 2. The SMILES string of the molecule is Cc1cc(C)cc(NC(=O)CSc2nnc(NC(=O)c3cc(C)cc(C)c3)s2)c1. The van der Waals surface area contributed by atoms with Gasteiger partial charge in [0.2, 0.25) is 11.0 Å². The van der Waals surface area contributed by atoms with E-state index in [4.69, 9.17) is 0 Å².